The van der Waals surface area contributed by atoms with Gasteiger partial charge in [-0.05, 0) is 50.7 Å². The molecule has 5 nitrogen and oxygen atoms in total. The van der Waals surface area contributed by atoms with Crippen LogP contribution in [0, 0.1) is 11.8 Å². The van der Waals surface area contributed by atoms with Crippen molar-refractivity contribution in [2.75, 3.05) is 32.6 Å². The smallest absolute Gasteiger partial charge is 0.227 e. The number of nitrogens with zero attached hydrogens (tertiary/aromatic N) is 1. The maximum Gasteiger partial charge on any atom is 0.227 e. The number of ether oxygens (including phenoxy) is 1. The van der Waals surface area contributed by atoms with Gasteiger partial charge in [0.05, 0.1) is 0 Å². The fourth-order valence-electron chi connectivity index (χ4n) is 3.42. The molecule has 0 aliphatic heterocycles. The van der Waals surface area contributed by atoms with Crippen molar-refractivity contribution in [2.24, 2.45) is 11.8 Å². The lowest BCUT2D eigenvalue weighted by Crippen LogP contribution is -2.30. The summed E-state index contributed by atoms with van der Waals surface area (Å²) < 4.78 is 5.58. The van der Waals surface area contributed by atoms with Crippen LogP contribution in [0.2, 0.25) is 0 Å². The second kappa shape index (κ2) is 9.78. The van der Waals surface area contributed by atoms with E-state index in [1.165, 1.54) is 25.7 Å². The first-order chi connectivity index (χ1) is 11.9. The third-order valence-electron chi connectivity index (χ3n) is 4.75. The number of benzene rings is 1. The Bertz CT molecular complexity index is 524. The van der Waals surface area contributed by atoms with E-state index in [1.807, 2.05) is 50.2 Å². The maximum atomic E-state index is 12.3. The second-order valence-corrected chi connectivity index (χ2v) is 7.53. The van der Waals surface area contributed by atoms with Gasteiger partial charge < -0.3 is 20.1 Å². The minimum absolute atomic E-state index is 0.0419. The molecule has 1 aliphatic rings. The van der Waals surface area contributed by atoms with Gasteiger partial charge in [0, 0.05) is 18.2 Å². The molecule has 2 unspecified atom stereocenters. The Morgan fingerprint density at radius 2 is 1.92 bits per heavy atom. The summed E-state index contributed by atoms with van der Waals surface area (Å²) in [5.74, 6) is 1.53. The number of hydrogen-bond donors (Lipinski definition) is 2. The van der Waals surface area contributed by atoms with Crippen molar-refractivity contribution in [1.29, 1.82) is 0 Å². The zero-order valence-corrected chi connectivity index (χ0v) is 15.7. The molecule has 1 aromatic carbocycles. The van der Waals surface area contributed by atoms with Gasteiger partial charge in [0.15, 0.2) is 0 Å². The number of aliphatic hydroxyl groups is 1. The van der Waals surface area contributed by atoms with E-state index in [1.54, 1.807) is 0 Å². The normalized spacial score (nSPS) is 17.5. The highest BCUT2D eigenvalue weighted by molar-refractivity contribution is 5.92. The van der Waals surface area contributed by atoms with Gasteiger partial charge in [0.2, 0.25) is 5.91 Å². The molecular weight excluding hydrogens is 316 g/mol. The quantitative estimate of drug-likeness (QED) is 0.720. The Kier molecular flexibility index (Phi) is 7.72. The highest BCUT2D eigenvalue weighted by Crippen LogP contribution is 2.30. The summed E-state index contributed by atoms with van der Waals surface area (Å²) in [5, 5.41) is 12.8. The Morgan fingerprint density at radius 3 is 2.52 bits per heavy atom. The molecule has 0 bridgehead atoms. The zero-order chi connectivity index (χ0) is 18.2. The second-order valence-electron chi connectivity index (χ2n) is 7.53. The summed E-state index contributed by atoms with van der Waals surface area (Å²) in [6, 6.07) is 7.32. The van der Waals surface area contributed by atoms with E-state index in [-0.39, 0.29) is 18.4 Å². The average Bonchev–Trinajstić information content (AvgIpc) is 3.06. The van der Waals surface area contributed by atoms with Crippen LogP contribution in [0.25, 0.3) is 0 Å². The number of likely N-dealkylation sites (N-methyl/N-ethyl adjacent to an activating group) is 1. The average molecular weight is 348 g/mol. The largest absolute Gasteiger partial charge is 0.491 e. The fraction of sp³-hybridized carbons (Fsp3) is 0.650. The first kappa shape index (κ1) is 19.7. The molecule has 2 rings (SSSR count). The lowest BCUT2D eigenvalue weighted by Gasteiger charge is -2.17. The molecule has 1 saturated carbocycles. The molecule has 140 valence electrons. The van der Waals surface area contributed by atoms with E-state index in [0.717, 1.165) is 12.1 Å². The molecule has 1 aromatic rings. The van der Waals surface area contributed by atoms with E-state index in [4.69, 9.17) is 4.74 Å². The van der Waals surface area contributed by atoms with Gasteiger partial charge >= 0.3 is 0 Å². The Labute approximate surface area is 151 Å². The number of rotatable bonds is 9. The molecular formula is C20H32N2O3. The lowest BCUT2D eigenvalue weighted by atomic mass is 9.94. The van der Waals surface area contributed by atoms with E-state index >= 15 is 0 Å². The number of aliphatic hydroxyl groups excluding tert-OH is 1. The van der Waals surface area contributed by atoms with Crippen molar-refractivity contribution >= 4 is 11.6 Å². The van der Waals surface area contributed by atoms with Crippen LogP contribution < -0.4 is 10.1 Å². The molecule has 0 saturated heterocycles. The van der Waals surface area contributed by atoms with Gasteiger partial charge in [0.25, 0.3) is 0 Å². The minimum atomic E-state index is -0.522. The lowest BCUT2D eigenvalue weighted by molar-refractivity contribution is -0.119. The number of nitrogens with one attached hydrogen (secondary N) is 1. The van der Waals surface area contributed by atoms with Crippen LogP contribution in [-0.4, -0.2) is 49.3 Å². The van der Waals surface area contributed by atoms with Crippen LogP contribution in [0.1, 0.15) is 39.0 Å². The van der Waals surface area contributed by atoms with Gasteiger partial charge in [-0.3, -0.25) is 4.79 Å². The van der Waals surface area contributed by atoms with Crippen molar-refractivity contribution in [3.05, 3.63) is 24.3 Å². The summed E-state index contributed by atoms with van der Waals surface area (Å²) in [6.45, 7) is 2.83. The molecule has 0 heterocycles. The molecule has 5 heteroatoms. The Morgan fingerprint density at radius 1 is 1.28 bits per heavy atom. The highest BCUT2D eigenvalue weighted by atomic mass is 16.5. The van der Waals surface area contributed by atoms with Gasteiger partial charge in [-0.1, -0.05) is 32.6 Å². The molecule has 0 radical (unpaired) electrons. The van der Waals surface area contributed by atoms with E-state index < -0.39 is 6.10 Å². The molecule has 2 atom stereocenters. The van der Waals surface area contributed by atoms with Gasteiger partial charge in [-0.2, -0.15) is 0 Å². The van der Waals surface area contributed by atoms with Gasteiger partial charge in [0.1, 0.15) is 18.5 Å². The van der Waals surface area contributed by atoms with E-state index in [2.05, 4.69) is 5.32 Å². The van der Waals surface area contributed by atoms with Crippen LogP contribution in [0.4, 0.5) is 5.69 Å². The van der Waals surface area contributed by atoms with Gasteiger partial charge in [-0.15, -0.1) is 0 Å². The molecule has 1 amide bonds. The van der Waals surface area contributed by atoms with Crippen LogP contribution in [0.15, 0.2) is 24.3 Å². The van der Waals surface area contributed by atoms with Crippen molar-refractivity contribution < 1.29 is 14.6 Å². The molecule has 1 fully saturated rings. The summed E-state index contributed by atoms with van der Waals surface area (Å²) >= 11 is 0. The number of anilines is 1. The molecule has 2 N–H and O–H groups in total. The van der Waals surface area contributed by atoms with Gasteiger partial charge in [-0.25, -0.2) is 0 Å². The van der Waals surface area contributed by atoms with Crippen LogP contribution in [0.3, 0.4) is 0 Å². The molecule has 1 aliphatic carbocycles. The number of carbonyl (C=O) groups is 1. The fourth-order valence-corrected chi connectivity index (χ4v) is 3.42. The maximum absolute atomic E-state index is 12.3. The first-order valence-corrected chi connectivity index (χ1v) is 9.30. The number of carbonyl (C=O) groups excluding carboxylic acids is 1. The Balaban J connectivity index is 1.76. The topological polar surface area (TPSA) is 61.8 Å². The summed E-state index contributed by atoms with van der Waals surface area (Å²) in [6.07, 6.45) is 5.61. The number of hydrogen-bond acceptors (Lipinski definition) is 4. The van der Waals surface area contributed by atoms with Crippen LogP contribution in [0.5, 0.6) is 5.75 Å². The van der Waals surface area contributed by atoms with Crippen molar-refractivity contribution in [3.8, 4) is 5.75 Å². The van der Waals surface area contributed by atoms with Crippen LogP contribution in [-0.2, 0) is 4.79 Å². The first-order valence-electron chi connectivity index (χ1n) is 9.30. The van der Waals surface area contributed by atoms with Crippen LogP contribution >= 0.6 is 0 Å². The molecule has 0 aromatic heterocycles. The predicted octanol–water partition coefficient (Wildman–Crippen LogP) is 3.14. The monoisotopic (exact) mass is 348 g/mol. The van der Waals surface area contributed by atoms with Crippen molar-refractivity contribution in [2.45, 2.75) is 45.1 Å². The van der Waals surface area contributed by atoms with E-state index in [0.29, 0.717) is 18.2 Å². The van der Waals surface area contributed by atoms with E-state index in [9.17, 15) is 9.90 Å². The minimum Gasteiger partial charge on any atom is -0.491 e. The predicted molar refractivity (Wildman–Crippen MR) is 101 cm³/mol. The molecule has 25 heavy (non-hydrogen) atoms. The highest BCUT2D eigenvalue weighted by Gasteiger charge is 2.21. The summed E-state index contributed by atoms with van der Waals surface area (Å²) in [7, 11) is 3.82. The Hall–Kier alpha value is -1.59. The number of amides is 1. The molecule has 0 spiro atoms. The third kappa shape index (κ3) is 7.04. The summed E-state index contributed by atoms with van der Waals surface area (Å²) in [5.41, 5.74) is 0.782. The van der Waals surface area contributed by atoms with Crippen molar-refractivity contribution in [1.82, 2.24) is 4.90 Å². The summed E-state index contributed by atoms with van der Waals surface area (Å²) in [4.78, 5) is 14.2. The van der Waals surface area contributed by atoms with Crippen molar-refractivity contribution in [3.63, 3.8) is 0 Å². The SMILES string of the molecule is CC(CC1CCCC1)C(=O)Nc1ccc(OCC(O)CN(C)C)cc1. The standard InChI is InChI=1S/C20H32N2O3/c1-15(12-16-6-4-5-7-16)20(24)21-17-8-10-19(11-9-17)25-14-18(23)13-22(2)3/h8-11,15-16,18,23H,4-7,12-14H2,1-3H3,(H,21,24). The zero-order valence-electron chi connectivity index (χ0n) is 15.7. The third-order valence-corrected chi connectivity index (χ3v) is 4.75.